The molecule has 3 aromatic rings. The van der Waals surface area contributed by atoms with Crippen LogP contribution in [0, 0.1) is 13.8 Å². The van der Waals surface area contributed by atoms with Gasteiger partial charge in [-0.3, -0.25) is 0 Å². The largest absolute Gasteiger partial charge is 0.173 e. The molecule has 0 aliphatic rings. The average molecular weight is 349 g/mol. The maximum atomic E-state index is 4.74. The molecule has 0 saturated heterocycles. The normalized spacial score (nSPS) is 11.2. The lowest BCUT2D eigenvalue weighted by Crippen LogP contribution is -1.96. The van der Waals surface area contributed by atoms with Crippen molar-refractivity contribution in [2.45, 2.75) is 39.5 Å². The second-order valence-corrected chi connectivity index (χ2v) is 7.03. The van der Waals surface area contributed by atoms with Crippen LogP contribution in [-0.4, -0.2) is 17.5 Å². The van der Waals surface area contributed by atoms with Crippen molar-refractivity contribution < 1.29 is 0 Å². The van der Waals surface area contributed by atoms with Gasteiger partial charge in [0.2, 0.25) is 0 Å². The first-order valence-corrected chi connectivity index (χ1v) is 8.76. The highest BCUT2D eigenvalue weighted by Gasteiger charge is 2.22. The van der Waals surface area contributed by atoms with E-state index in [-0.39, 0.29) is 0 Å². The molecule has 0 unspecified atom stereocenters. The molecule has 0 aliphatic carbocycles. The smallest absolute Gasteiger partial charge is 0.113 e. The molecule has 2 heterocycles. The van der Waals surface area contributed by atoms with Gasteiger partial charge in [0.25, 0.3) is 0 Å². The maximum absolute atomic E-state index is 4.74. The van der Waals surface area contributed by atoms with Crippen LogP contribution in [0.15, 0.2) is 10.5 Å². The molecule has 0 fully saturated rings. The van der Waals surface area contributed by atoms with Gasteiger partial charge in [-0.15, -0.1) is 12.6 Å². The summed E-state index contributed by atoms with van der Waals surface area (Å²) < 4.78 is 17.9. The van der Waals surface area contributed by atoms with E-state index in [9.17, 15) is 0 Å². The van der Waals surface area contributed by atoms with Crippen LogP contribution in [0.1, 0.15) is 37.6 Å². The van der Waals surface area contributed by atoms with E-state index in [2.05, 4.69) is 45.2 Å². The van der Waals surface area contributed by atoms with Gasteiger partial charge < -0.3 is 0 Å². The quantitative estimate of drug-likeness (QED) is 0.667. The maximum Gasteiger partial charge on any atom is 0.113 e. The Labute approximate surface area is 143 Å². The molecule has 7 heteroatoms. The van der Waals surface area contributed by atoms with Gasteiger partial charge in [0.15, 0.2) is 0 Å². The zero-order chi connectivity index (χ0) is 16.0. The van der Waals surface area contributed by atoms with Crippen LogP contribution in [0.2, 0.25) is 0 Å². The van der Waals surface area contributed by atoms with Gasteiger partial charge in [-0.05, 0) is 51.3 Å². The Morgan fingerprint density at radius 3 is 2.09 bits per heavy atom. The van der Waals surface area contributed by atoms with Crippen molar-refractivity contribution in [3.63, 3.8) is 0 Å². The van der Waals surface area contributed by atoms with Crippen LogP contribution >= 0.6 is 36.1 Å². The van der Waals surface area contributed by atoms with Crippen molar-refractivity contribution >= 4 is 52.7 Å². The Hall–Kier alpha value is -1.31. The molecule has 0 aliphatic heterocycles. The number of thiol groups is 1. The van der Waals surface area contributed by atoms with Gasteiger partial charge >= 0.3 is 0 Å². The Bertz CT molecular complexity index is 901. The van der Waals surface area contributed by atoms with Crippen LogP contribution < -0.4 is 0 Å². The van der Waals surface area contributed by atoms with Crippen LogP contribution in [0.4, 0.5) is 0 Å². The van der Waals surface area contributed by atoms with E-state index >= 15 is 0 Å². The molecule has 0 bridgehead atoms. The van der Waals surface area contributed by atoms with Crippen molar-refractivity contribution in [2.75, 3.05) is 0 Å². The van der Waals surface area contributed by atoms with Crippen LogP contribution in [0.3, 0.4) is 0 Å². The molecule has 3 rings (SSSR count). The van der Waals surface area contributed by atoms with Crippen LogP contribution in [0.25, 0.3) is 27.9 Å². The molecule has 0 amide bonds. The van der Waals surface area contributed by atoms with Crippen molar-refractivity contribution in [1.29, 1.82) is 0 Å². The lowest BCUT2D eigenvalue weighted by atomic mass is 9.96. The third-order valence-electron chi connectivity index (χ3n) is 4.00. The molecule has 4 nitrogen and oxygen atoms in total. The van der Waals surface area contributed by atoms with Crippen molar-refractivity contribution in [2.24, 2.45) is 0 Å². The zero-order valence-electron chi connectivity index (χ0n) is 13.1. The molecule has 0 N–H and O–H groups in total. The molecule has 0 radical (unpaired) electrons. The summed E-state index contributed by atoms with van der Waals surface area (Å²) in [5.74, 6) is 0. The first-order valence-electron chi connectivity index (χ1n) is 6.85. The Kier molecular flexibility index (Phi) is 4.05. The molecule has 114 valence electrons. The van der Waals surface area contributed by atoms with Gasteiger partial charge in [-0.2, -0.15) is 17.5 Å². The van der Waals surface area contributed by atoms with E-state index in [4.69, 9.17) is 12.6 Å². The van der Waals surface area contributed by atoms with Crippen molar-refractivity contribution in [1.82, 2.24) is 17.5 Å². The highest BCUT2D eigenvalue weighted by Crippen LogP contribution is 2.40. The molecule has 0 saturated carbocycles. The van der Waals surface area contributed by atoms with E-state index in [1.54, 1.807) is 0 Å². The summed E-state index contributed by atoms with van der Waals surface area (Å²) in [5.41, 5.74) is 9.21. The van der Waals surface area contributed by atoms with Gasteiger partial charge in [0, 0.05) is 10.5 Å². The van der Waals surface area contributed by atoms with Crippen LogP contribution in [-0.2, 0) is 0 Å². The number of fused-ring (bicyclic) bond motifs is 1. The number of hydrogen-bond acceptors (Lipinski definition) is 7. The third-order valence-corrected chi connectivity index (χ3v) is 5.61. The number of aromatic nitrogens is 4. The average Bonchev–Trinajstić information content (AvgIpc) is 3.13. The summed E-state index contributed by atoms with van der Waals surface area (Å²) in [5, 5.41) is 0. The summed E-state index contributed by atoms with van der Waals surface area (Å²) in [6.45, 7) is 10.3. The minimum Gasteiger partial charge on any atom is -0.173 e. The predicted octanol–water partition coefficient (Wildman–Crippen LogP) is 4.93. The highest BCUT2D eigenvalue weighted by atomic mass is 32.1. The van der Waals surface area contributed by atoms with E-state index in [1.165, 1.54) is 29.0 Å². The fourth-order valence-electron chi connectivity index (χ4n) is 2.40. The fourth-order valence-corrected chi connectivity index (χ4v) is 4.04. The fraction of sp³-hybridized carbons (Fsp3) is 0.333. The number of allylic oxidation sites excluding steroid dienone is 2. The lowest BCUT2D eigenvalue weighted by molar-refractivity contribution is 1.26. The second kappa shape index (κ2) is 5.72. The van der Waals surface area contributed by atoms with Gasteiger partial charge in [-0.25, -0.2) is 0 Å². The minimum absolute atomic E-state index is 0.893. The molecule has 0 spiro atoms. The molecule has 2 aromatic heterocycles. The number of rotatable bonds is 2. The first-order chi connectivity index (χ1) is 10.4. The molecular formula is C15H16N4S3. The Morgan fingerprint density at radius 1 is 0.864 bits per heavy atom. The van der Waals surface area contributed by atoms with Crippen LogP contribution in [0.5, 0.6) is 0 Å². The standard InChI is InChI=1S/C15H16N4S3/c1-6(2)7(3)11-14(19-22-16-11)10-8(4)12-13(18-21-17-12)9(5)15(10)20/h20H,1-5H3. The van der Waals surface area contributed by atoms with Gasteiger partial charge in [-0.1, -0.05) is 5.57 Å². The second-order valence-electron chi connectivity index (χ2n) is 5.52. The summed E-state index contributed by atoms with van der Waals surface area (Å²) in [4.78, 5) is 0.910. The molecule has 0 atom stereocenters. The van der Waals surface area contributed by atoms with Crippen molar-refractivity contribution in [3.8, 4) is 11.3 Å². The summed E-state index contributed by atoms with van der Waals surface area (Å²) in [7, 11) is 0. The summed E-state index contributed by atoms with van der Waals surface area (Å²) in [6.07, 6.45) is 0. The monoisotopic (exact) mass is 348 g/mol. The Balaban J connectivity index is 2.38. The first kappa shape index (κ1) is 15.6. The number of aryl methyl sites for hydroxylation is 2. The minimum atomic E-state index is 0.893. The SMILES string of the molecule is CC(C)=C(C)c1nsnc1-c1c(S)c(C)c2nsnc2c1C. The van der Waals surface area contributed by atoms with E-state index in [0.29, 0.717) is 0 Å². The van der Waals surface area contributed by atoms with Crippen molar-refractivity contribution in [3.05, 3.63) is 22.4 Å². The predicted molar refractivity (Wildman–Crippen MR) is 97.0 cm³/mol. The number of nitrogens with zero attached hydrogens (tertiary/aromatic N) is 4. The number of hydrogen-bond donors (Lipinski definition) is 1. The summed E-state index contributed by atoms with van der Waals surface area (Å²) >= 11 is 7.21. The van der Waals surface area contributed by atoms with E-state index < -0.39 is 0 Å². The van der Waals surface area contributed by atoms with E-state index in [0.717, 1.165) is 49.6 Å². The topological polar surface area (TPSA) is 51.6 Å². The van der Waals surface area contributed by atoms with Gasteiger partial charge in [0.05, 0.1) is 23.5 Å². The zero-order valence-corrected chi connectivity index (χ0v) is 15.6. The summed E-state index contributed by atoms with van der Waals surface area (Å²) in [6, 6.07) is 0. The number of benzene rings is 1. The highest BCUT2D eigenvalue weighted by molar-refractivity contribution is 7.80. The van der Waals surface area contributed by atoms with E-state index in [1.807, 2.05) is 6.92 Å². The lowest BCUT2D eigenvalue weighted by Gasteiger charge is -2.12. The van der Waals surface area contributed by atoms with Gasteiger partial charge in [0.1, 0.15) is 22.4 Å². The molecular weight excluding hydrogens is 332 g/mol. The molecule has 22 heavy (non-hydrogen) atoms. The third kappa shape index (κ3) is 2.28. The molecule has 1 aromatic carbocycles. The Morgan fingerprint density at radius 2 is 1.45 bits per heavy atom.